The molecule has 116 valence electrons. The van der Waals surface area contributed by atoms with E-state index in [1.54, 1.807) is 31.4 Å². The van der Waals surface area contributed by atoms with Crippen LogP contribution in [0.4, 0.5) is 11.5 Å². The van der Waals surface area contributed by atoms with Gasteiger partial charge in [-0.15, -0.1) is 0 Å². The lowest BCUT2D eigenvalue weighted by atomic mass is 10.3. The van der Waals surface area contributed by atoms with Gasteiger partial charge in [-0.2, -0.15) is 0 Å². The molecule has 2 rings (SSSR count). The molecule has 1 aromatic carbocycles. The van der Waals surface area contributed by atoms with Crippen LogP contribution < -0.4 is 10.6 Å². The molecular formula is C14H14Cl2N4O2. The van der Waals surface area contributed by atoms with Gasteiger partial charge in [0.1, 0.15) is 17.8 Å². The van der Waals surface area contributed by atoms with Crippen molar-refractivity contribution in [3.8, 4) is 0 Å². The molecule has 6 nitrogen and oxygen atoms in total. The van der Waals surface area contributed by atoms with Gasteiger partial charge in [0.25, 0.3) is 5.91 Å². The number of ether oxygens (including phenoxy) is 1. The predicted molar refractivity (Wildman–Crippen MR) is 86.8 cm³/mol. The first-order valence-corrected chi connectivity index (χ1v) is 7.17. The normalized spacial score (nSPS) is 10.3. The third-order valence-electron chi connectivity index (χ3n) is 2.69. The van der Waals surface area contributed by atoms with Crippen molar-refractivity contribution < 1.29 is 9.53 Å². The Morgan fingerprint density at radius 2 is 2.09 bits per heavy atom. The van der Waals surface area contributed by atoms with Crippen LogP contribution in [-0.4, -0.2) is 36.1 Å². The largest absolute Gasteiger partial charge is 0.383 e. The summed E-state index contributed by atoms with van der Waals surface area (Å²) in [5.74, 6) is 0.154. The topological polar surface area (TPSA) is 76.1 Å². The van der Waals surface area contributed by atoms with E-state index in [4.69, 9.17) is 27.9 Å². The summed E-state index contributed by atoms with van der Waals surface area (Å²) >= 11 is 11.8. The molecule has 0 aliphatic heterocycles. The average Bonchev–Trinajstić information content (AvgIpc) is 2.50. The van der Waals surface area contributed by atoms with Crippen molar-refractivity contribution in [2.24, 2.45) is 0 Å². The number of benzene rings is 1. The van der Waals surface area contributed by atoms with Crippen molar-refractivity contribution >= 4 is 40.6 Å². The van der Waals surface area contributed by atoms with Gasteiger partial charge >= 0.3 is 0 Å². The maximum Gasteiger partial charge on any atom is 0.274 e. The van der Waals surface area contributed by atoms with Crippen molar-refractivity contribution in [2.75, 3.05) is 30.9 Å². The second-order valence-corrected chi connectivity index (χ2v) is 5.13. The molecule has 0 spiro atoms. The van der Waals surface area contributed by atoms with Gasteiger partial charge in [-0.25, -0.2) is 9.97 Å². The number of amides is 1. The van der Waals surface area contributed by atoms with Gasteiger partial charge in [0.05, 0.1) is 17.3 Å². The fourth-order valence-electron chi connectivity index (χ4n) is 1.64. The number of carbonyl (C=O) groups is 1. The molecule has 0 radical (unpaired) electrons. The minimum atomic E-state index is -0.388. The number of rotatable bonds is 6. The molecule has 0 aliphatic carbocycles. The van der Waals surface area contributed by atoms with Gasteiger partial charge in [-0.1, -0.05) is 23.2 Å². The number of carbonyl (C=O) groups excluding carboxylic acids is 1. The number of anilines is 2. The molecule has 1 aromatic heterocycles. The van der Waals surface area contributed by atoms with Crippen LogP contribution in [0.3, 0.4) is 0 Å². The number of halogens is 2. The summed E-state index contributed by atoms with van der Waals surface area (Å²) < 4.78 is 4.93. The quantitative estimate of drug-likeness (QED) is 0.790. The molecule has 0 saturated heterocycles. The van der Waals surface area contributed by atoms with Crippen LogP contribution in [0.15, 0.2) is 30.6 Å². The molecule has 0 unspecified atom stereocenters. The van der Waals surface area contributed by atoms with Crippen LogP contribution in [-0.2, 0) is 4.74 Å². The van der Waals surface area contributed by atoms with E-state index in [1.165, 1.54) is 6.33 Å². The van der Waals surface area contributed by atoms with Crippen molar-refractivity contribution in [2.45, 2.75) is 0 Å². The zero-order valence-electron chi connectivity index (χ0n) is 11.8. The van der Waals surface area contributed by atoms with Crippen molar-refractivity contribution in [3.05, 3.63) is 46.3 Å². The monoisotopic (exact) mass is 340 g/mol. The summed E-state index contributed by atoms with van der Waals surface area (Å²) in [7, 11) is 1.61. The van der Waals surface area contributed by atoms with E-state index in [9.17, 15) is 4.79 Å². The standard InChI is InChI=1S/C14H14Cl2N4O2/c1-22-5-4-17-13-7-12(18-8-19-13)14(21)20-11-3-2-9(15)6-10(11)16/h2-3,6-8H,4-5H2,1H3,(H,20,21)(H,17,18,19). The molecule has 1 heterocycles. The van der Waals surface area contributed by atoms with E-state index in [1.807, 2.05) is 0 Å². The van der Waals surface area contributed by atoms with Crippen LogP contribution in [0, 0.1) is 0 Å². The SMILES string of the molecule is COCCNc1cc(C(=O)Nc2ccc(Cl)cc2Cl)ncn1. The molecule has 2 aromatic rings. The molecular weight excluding hydrogens is 327 g/mol. The van der Waals surface area contributed by atoms with Crippen LogP contribution in [0.25, 0.3) is 0 Å². The van der Waals surface area contributed by atoms with Crippen LogP contribution >= 0.6 is 23.2 Å². The Morgan fingerprint density at radius 1 is 1.27 bits per heavy atom. The second-order valence-electron chi connectivity index (χ2n) is 4.29. The molecule has 0 saturated carbocycles. The average molecular weight is 341 g/mol. The molecule has 1 amide bonds. The minimum absolute atomic E-state index is 0.223. The first-order valence-electron chi connectivity index (χ1n) is 6.41. The highest BCUT2D eigenvalue weighted by atomic mass is 35.5. The van der Waals surface area contributed by atoms with E-state index >= 15 is 0 Å². The van der Waals surface area contributed by atoms with E-state index in [0.717, 1.165) is 0 Å². The fourth-order valence-corrected chi connectivity index (χ4v) is 2.09. The van der Waals surface area contributed by atoms with E-state index < -0.39 is 0 Å². The summed E-state index contributed by atoms with van der Waals surface area (Å²) in [4.78, 5) is 20.2. The highest BCUT2D eigenvalue weighted by Crippen LogP contribution is 2.25. The number of nitrogens with zero attached hydrogens (tertiary/aromatic N) is 2. The highest BCUT2D eigenvalue weighted by Gasteiger charge is 2.11. The van der Waals surface area contributed by atoms with Gasteiger partial charge in [-0.05, 0) is 18.2 Å². The van der Waals surface area contributed by atoms with Gasteiger partial charge in [0, 0.05) is 24.7 Å². The number of hydrogen-bond acceptors (Lipinski definition) is 5. The Bertz CT molecular complexity index is 667. The zero-order chi connectivity index (χ0) is 15.9. The van der Waals surface area contributed by atoms with Crippen molar-refractivity contribution in [1.82, 2.24) is 9.97 Å². The smallest absolute Gasteiger partial charge is 0.274 e. The lowest BCUT2D eigenvalue weighted by Gasteiger charge is -2.08. The number of aromatic nitrogens is 2. The maximum atomic E-state index is 12.2. The number of nitrogens with one attached hydrogen (secondary N) is 2. The van der Waals surface area contributed by atoms with E-state index in [0.29, 0.717) is 34.7 Å². The van der Waals surface area contributed by atoms with Gasteiger partial charge in [-0.3, -0.25) is 4.79 Å². The lowest BCUT2D eigenvalue weighted by molar-refractivity contribution is 0.102. The first-order chi connectivity index (χ1) is 10.6. The van der Waals surface area contributed by atoms with Crippen LogP contribution in [0.5, 0.6) is 0 Å². The van der Waals surface area contributed by atoms with Crippen LogP contribution in [0.1, 0.15) is 10.5 Å². The zero-order valence-corrected chi connectivity index (χ0v) is 13.3. The van der Waals surface area contributed by atoms with Crippen molar-refractivity contribution in [3.63, 3.8) is 0 Å². The summed E-state index contributed by atoms with van der Waals surface area (Å²) in [5.41, 5.74) is 0.685. The Hall–Kier alpha value is -1.89. The predicted octanol–water partition coefficient (Wildman–Crippen LogP) is 3.09. The molecule has 0 atom stereocenters. The first kappa shape index (κ1) is 16.5. The maximum absolute atomic E-state index is 12.2. The second kappa shape index (κ2) is 7.93. The molecule has 8 heteroatoms. The van der Waals surface area contributed by atoms with E-state index in [2.05, 4.69) is 20.6 Å². The molecule has 0 bridgehead atoms. The fraction of sp³-hybridized carbons (Fsp3) is 0.214. The summed E-state index contributed by atoms with van der Waals surface area (Å²) in [5, 5.41) is 6.55. The number of methoxy groups -OCH3 is 1. The molecule has 2 N–H and O–H groups in total. The molecule has 0 aliphatic rings. The summed E-state index contributed by atoms with van der Waals surface area (Å²) in [6, 6.07) is 6.37. The third-order valence-corrected chi connectivity index (χ3v) is 3.24. The Labute approximate surface area is 137 Å². The lowest BCUT2D eigenvalue weighted by Crippen LogP contribution is -2.15. The van der Waals surface area contributed by atoms with E-state index in [-0.39, 0.29) is 11.6 Å². The molecule has 22 heavy (non-hydrogen) atoms. The minimum Gasteiger partial charge on any atom is -0.383 e. The van der Waals surface area contributed by atoms with Crippen molar-refractivity contribution in [1.29, 1.82) is 0 Å². The highest BCUT2D eigenvalue weighted by molar-refractivity contribution is 6.36. The Morgan fingerprint density at radius 3 is 2.82 bits per heavy atom. The Balaban J connectivity index is 2.07. The Kier molecular flexibility index (Phi) is 5.94. The molecule has 0 fully saturated rings. The van der Waals surface area contributed by atoms with Gasteiger partial charge < -0.3 is 15.4 Å². The number of hydrogen-bond donors (Lipinski definition) is 2. The summed E-state index contributed by atoms with van der Waals surface area (Å²) in [6.07, 6.45) is 1.31. The summed E-state index contributed by atoms with van der Waals surface area (Å²) in [6.45, 7) is 1.11. The van der Waals surface area contributed by atoms with Gasteiger partial charge in [0.15, 0.2) is 0 Å². The van der Waals surface area contributed by atoms with Crippen LogP contribution in [0.2, 0.25) is 10.0 Å². The van der Waals surface area contributed by atoms with Gasteiger partial charge in [0.2, 0.25) is 0 Å². The third kappa shape index (κ3) is 4.56.